The van der Waals surface area contributed by atoms with Gasteiger partial charge in [0, 0.05) is 19.3 Å². The Bertz CT molecular complexity index is 2300. The molecule has 3 N–H and O–H groups in total. The van der Waals surface area contributed by atoms with Crippen molar-refractivity contribution < 1.29 is 80.2 Å². The van der Waals surface area contributed by atoms with Crippen molar-refractivity contribution in [1.29, 1.82) is 0 Å². The minimum absolute atomic E-state index is 0.0536. The summed E-state index contributed by atoms with van der Waals surface area (Å²) < 4.78 is 68.2. The second-order valence-electron chi connectivity index (χ2n) is 24.1. The summed E-state index contributed by atoms with van der Waals surface area (Å²) in [4.78, 5) is 72.6. The maximum absolute atomic E-state index is 13.0. The van der Waals surface area contributed by atoms with Crippen LogP contribution in [-0.2, 0) is 65.4 Å². The molecule has 19 heteroatoms. The van der Waals surface area contributed by atoms with Crippen LogP contribution in [0.25, 0.3) is 0 Å². The van der Waals surface area contributed by atoms with E-state index in [2.05, 4.69) is 125 Å². The molecule has 0 aliphatic rings. The van der Waals surface area contributed by atoms with Crippen molar-refractivity contribution in [3.05, 3.63) is 122 Å². The third-order valence-corrected chi connectivity index (χ3v) is 16.9. The van der Waals surface area contributed by atoms with Gasteiger partial charge in [-0.15, -0.1) is 0 Å². The average molecular weight is 1390 g/mol. The van der Waals surface area contributed by atoms with E-state index >= 15 is 0 Å². The quantitative estimate of drug-likeness (QED) is 0.0169. The molecule has 0 bridgehead atoms. The normalized spacial score (nSPS) is 14.7. The molecule has 0 spiro atoms. The van der Waals surface area contributed by atoms with Gasteiger partial charge in [0.2, 0.25) is 0 Å². The SMILES string of the molecule is CC/C=C\C/C=C\C/C=C\C/C=C\C/C=C\CC(=O)OCC(COP(=O)(O)OCC(O)COP(=O)(O)OCC(COC(=O)CCCCCCC/C=C\C/C=C\CCCCC)OC(=O)CCCCCCCCCCCCC)OC(=O)CCCCCCC/C=C\C/C=C\C/C=C\CC. The van der Waals surface area contributed by atoms with Gasteiger partial charge in [0.1, 0.15) is 19.3 Å². The van der Waals surface area contributed by atoms with Crippen LogP contribution < -0.4 is 0 Å². The Balaban J connectivity index is 5.42. The molecule has 0 rings (SSSR count). The van der Waals surface area contributed by atoms with Gasteiger partial charge in [0.15, 0.2) is 12.2 Å². The first-order valence-corrected chi connectivity index (χ1v) is 39.8. The largest absolute Gasteiger partial charge is 0.472 e. The zero-order valence-corrected chi connectivity index (χ0v) is 61.5. The number of rotatable bonds is 68. The summed E-state index contributed by atoms with van der Waals surface area (Å²) >= 11 is 0. The second kappa shape index (κ2) is 69.0. The number of carbonyl (C=O) groups excluding carboxylic acids is 4. The summed E-state index contributed by atoms with van der Waals surface area (Å²) in [6, 6.07) is 0. The number of aliphatic hydroxyl groups excluding tert-OH is 1. The molecular formula is C77H130O17P2. The number of allylic oxidation sites excluding steroid dienone is 19. The van der Waals surface area contributed by atoms with Gasteiger partial charge in [-0.3, -0.25) is 37.3 Å². The Morgan fingerprint density at radius 2 is 0.583 bits per heavy atom. The zero-order chi connectivity index (χ0) is 70.4. The molecule has 0 saturated carbocycles. The number of carbonyl (C=O) groups is 4. The number of hydrogen-bond acceptors (Lipinski definition) is 15. The topological polar surface area (TPSA) is 237 Å². The average Bonchev–Trinajstić information content (AvgIpc) is 1.09. The van der Waals surface area contributed by atoms with Crippen LogP contribution in [0.3, 0.4) is 0 Å². The number of phosphoric ester groups is 2. The summed E-state index contributed by atoms with van der Waals surface area (Å²) in [5, 5.41) is 10.6. The molecule has 0 aliphatic carbocycles. The maximum atomic E-state index is 13.0. The molecule has 550 valence electrons. The van der Waals surface area contributed by atoms with Crippen LogP contribution in [0.15, 0.2) is 122 Å². The minimum Gasteiger partial charge on any atom is -0.462 e. The number of ether oxygens (including phenoxy) is 4. The number of unbranched alkanes of at least 4 members (excludes halogenated alkanes) is 23. The molecule has 0 aromatic rings. The van der Waals surface area contributed by atoms with E-state index < -0.39 is 97.5 Å². The Morgan fingerprint density at radius 3 is 0.948 bits per heavy atom. The monoisotopic (exact) mass is 1390 g/mol. The molecule has 0 amide bonds. The van der Waals surface area contributed by atoms with Crippen molar-refractivity contribution in [3.63, 3.8) is 0 Å². The van der Waals surface area contributed by atoms with E-state index in [-0.39, 0.29) is 25.7 Å². The highest BCUT2D eigenvalue weighted by molar-refractivity contribution is 7.47. The molecule has 0 saturated heterocycles. The maximum Gasteiger partial charge on any atom is 0.472 e. The summed E-state index contributed by atoms with van der Waals surface area (Å²) in [5.74, 6) is -2.36. The fourth-order valence-corrected chi connectivity index (χ4v) is 11.0. The van der Waals surface area contributed by atoms with Crippen molar-refractivity contribution in [2.45, 2.75) is 303 Å². The van der Waals surface area contributed by atoms with Crippen LogP contribution in [0.5, 0.6) is 0 Å². The summed E-state index contributed by atoms with van der Waals surface area (Å²) in [5.41, 5.74) is 0. The van der Waals surface area contributed by atoms with Crippen molar-refractivity contribution in [3.8, 4) is 0 Å². The Labute approximate surface area is 581 Å². The van der Waals surface area contributed by atoms with Crippen molar-refractivity contribution in [2.75, 3.05) is 39.6 Å². The van der Waals surface area contributed by atoms with Gasteiger partial charge < -0.3 is 33.8 Å². The van der Waals surface area contributed by atoms with Crippen molar-refractivity contribution >= 4 is 39.5 Å². The molecule has 96 heavy (non-hydrogen) atoms. The van der Waals surface area contributed by atoms with E-state index in [1.165, 1.54) is 57.8 Å². The fraction of sp³-hybridized carbons (Fsp3) is 0.688. The molecule has 0 aliphatic heterocycles. The molecule has 0 heterocycles. The molecular weight excluding hydrogens is 1260 g/mol. The lowest BCUT2D eigenvalue weighted by molar-refractivity contribution is -0.161. The van der Waals surface area contributed by atoms with Crippen LogP contribution in [0.4, 0.5) is 0 Å². The first-order valence-electron chi connectivity index (χ1n) is 36.8. The smallest absolute Gasteiger partial charge is 0.462 e. The van der Waals surface area contributed by atoms with Gasteiger partial charge in [-0.05, 0) is 116 Å². The van der Waals surface area contributed by atoms with Crippen LogP contribution in [0, 0.1) is 0 Å². The molecule has 0 aromatic carbocycles. The van der Waals surface area contributed by atoms with E-state index in [0.29, 0.717) is 25.7 Å². The lowest BCUT2D eigenvalue weighted by Crippen LogP contribution is -2.30. The molecule has 5 atom stereocenters. The molecule has 0 fully saturated rings. The van der Waals surface area contributed by atoms with E-state index in [4.69, 9.17) is 37.0 Å². The third kappa shape index (κ3) is 68.0. The number of esters is 4. The second-order valence-corrected chi connectivity index (χ2v) is 27.0. The highest BCUT2D eigenvalue weighted by Crippen LogP contribution is 2.45. The summed E-state index contributed by atoms with van der Waals surface area (Å²) in [6.45, 7) is 4.45. The van der Waals surface area contributed by atoms with Crippen LogP contribution in [0.1, 0.15) is 285 Å². The standard InChI is InChI=1S/C77H130O17P2/c1-5-9-13-17-21-25-29-32-35-38-42-45-49-53-57-61-74(79)87-67-72(93-76(81)63-59-55-51-47-41-28-24-20-16-12-8-4)69-91-95(83,84)89-65-71(78)66-90-96(85,86)92-70-73(94-77(82)64-60-56-52-48-44-40-37-34-31-27-23-19-15-11-7-3)68-88-75(80)62-58-54-50-46-43-39-36-33-30-26-22-18-14-10-6-2/h10-11,14-15,21-23,25-27,32-37,43,46,54,58,71-73,78H,5-9,12-13,16-20,24,28-31,38-42,44-45,47-53,55-57,59-70H2,1-4H3,(H,83,84)(H,85,86)/b14-10-,15-11-,25-21-,26-22-,27-23-,35-32-,36-33-,37-34-,46-43-,58-54-. The van der Waals surface area contributed by atoms with Crippen LogP contribution >= 0.6 is 15.6 Å². The highest BCUT2D eigenvalue weighted by atomic mass is 31.2. The van der Waals surface area contributed by atoms with E-state index in [0.717, 1.165) is 148 Å². The summed E-state index contributed by atoms with van der Waals surface area (Å²) in [6.07, 6.45) is 73.7. The number of phosphoric acid groups is 2. The Morgan fingerprint density at radius 1 is 0.312 bits per heavy atom. The van der Waals surface area contributed by atoms with Gasteiger partial charge in [-0.1, -0.05) is 265 Å². The van der Waals surface area contributed by atoms with E-state index in [1.54, 1.807) is 6.08 Å². The zero-order valence-electron chi connectivity index (χ0n) is 59.8. The van der Waals surface area contributed by atoms with Gasteiger partial charge in [-0.25, -0.2) is 9.13 Å². The van der Waals surface area contributed by atoms with Crippen molar-refractivity contribution in [1.82, 2.24) is 0 Å². The van der Waals surface area contributed by atoms with Crippen LogP contribution in [-0.4, -0.2) is 96.7 Å². The predicted octanol–water partition coefficient (Wildman–Crippen LogP) is 20.8. The van der Waals surface area contributed by atoms with Crippen molar-refractivity contribution in [2.24, 2.45) is 0 Å². The van der Waals surface area contributed by atoms with Crippen LogP contribution in [0.2, 0.25) is 0 Å². The molecule has 17 nitrogen and oxygen atoms in total. The minimum atomic E-state index is -5.00. The molecule has 0 radical (unpaired) electrons. The van der Waals surface area contributed by atoms with E-state index in [1.807, 2.05) is 18.2 Å². The predicted molar refractivity (Wildman–Crippen MR) is 390 cm³/mol. The lowest BCUT2D eigenvalue weighted by Gasteiger charge is -2.21. The lowest BCUT2D eigenvalue weighted by atomic mass is 10.1. The number of hydrogen-bond donors (Lipinski definition) is 3. The third-order valence-electron chi connectivity index (χ3n) is 15.0. The molecule has 0 aromatic heterocycles. The number of aliphatic hydroxyl groups is 1. The first kappa shape index (κ1) is 91.5. The van der Waals surface area contributed by atoms with E-state index in [9.17, 15) is 43.2 Å². The highest BCUT2D eigenvalue weighted by Gasteiger charge is 2.30. The van der Waals surface area contributed by atoms with Gasteiger partial charge >= 0.3 is 39.5 Å². The van der Waals surface area contributed by atoms with Gasteiger partial charge in [-0.2, -0.15) is 0 Å². The summed E-state index contributed by atoms with van der Waals surface area (Å²) in [7, 11) is -9.98. The van der Waals surface area contributed by atoms with Gasteiger partial charge in [0.05, 0.1) is 32.8 Å². The van der Waals surface area contributed by atoms with Gasteiger partial charge in [0.25, 0.3) is 0 Å². The Kier molecular flexibility index (Phi) is 65.7. The fourth-order valence-electron chi connectivity index (χ4n) is 9.40. The molecule has 5 unspecified atom stereocenters. The Hall–Kier alpha value is -4.54. The first-order chi connectivity index (χ1) is 46.7.